The van der Waals surface area contributed by atoms with Crippen LogP contribution in [0.25, 0.3) is 0 Å². The van der Waals surface area contributed by atoms with Gasteiger partial charge < -0.3 is 31.4 Å². The number of rotatable bonds is 10. The number of hydrogen-bond acceptors (Lipinski definition) is 9. The third-order valence-corrected chi connectivity index (χ3v) is 7.17. The van der Waals surface area contributed by atoms with E-state index in [2.05, 4.69) is 31.5 Å². The Morgan fingerprint density at radius 2 is 2.02 bits per heavy atom. The third-order valence-electron chi connectivity index (χ3n) is 7.17. The Hall–Kier alpha value is -5.38. The fourth-order valence-corrected chi connectivity index (χ4v) is 5.10. The number of ether oxygens (including phenoxy) is 1. The molecule has 6 N–H and O–H groups in total. The summed E-state index contributed by atoms with van der Waals surface area (Å²) >= 11 is 0. The number of hydrogen-bond donors (Lipinski definition) is 4. The Kier molecular flexibility index (Phi) is 10.4. The second-order valence-electron chi connectivity index (χ2n) is 11.9. The highest BCUT2D eigenvalue weighted by atomic mass is 16.6. The molecule has 13 heteroatoms. The van der Waals surface area contributed by atoms with Crippen molar-refractivity contribution in [1.29, 1.82) is 5.26 Å². The first-order valence-electron chi connectivity index (χ1n) is 14.7. The van der Waals surface area contributed by atoms with Gasteiger partial charge in [0.25, 0.3) is 5.56 Å². The number of benzene rings is 1. The molecule has 1 fully saturated rings. The number of likely N-dealkylation sites (tertiary alicyclic amines) is 1. The number of aromatic nitrogens is 3. The molecule has 3 heterocycles. The van der Waals surface area contributed by atoms with Crippen molar-refractivity contribution < 1.29 is 9.53 Å². The molecule has 0 radical (unpaired) electrons. The van der Waals surface area contributed by atoms with Crippen LogP contribution in [0.5, 0.6) is 0 Å². The Labute approximate surface area is 262 Å². The Bertz CT molecular complexity index is 1650. The lowest BCUT2D eigenvalue weighted by molar-refractivity contribution is 0.0179. The molecule has 1 aromatic carbocycles. The second-order valence-corrected chi connectivity index (χ2v) is 11.9. The number of nitrogens with two attached hydrogens (primary N) is 2. The average molecular weight is 613 g/mol. The monoisotopic (exact) mass is 612 g/mol. The molecule has 1 saturated heterocycles. The van der Waals surface area contributed by atoms with Gasteiger partial charge in [-0.25, -0.2) is 9.79 Å². The Morgan fingerprint density at radius 1 is 1.27 bits per heavy atom. The van der Waals surface area contributed by atoms with E-state index in [-0.39, 0.29) is 17.8 Å². The van der Waals surface area contributed by atoms with E-state index in [1.807, 2.05) is 51.2 Å². The minimum atomic E-state index is -0.692. The van der Waals surface area contributed by atoms with Crippen molar-refractivity contribution in [3.05, 3.63) is 88.2 Å². The van der Waals surface area contributed by atoms with Crippen molar-refractivity contribution in [2.75, 3.05) is 18.4 Å². The molecule has 0 spiro atoms. The van der Waals surface area contributed by atoms with Gasteiger partial charge in [0.1, 0.15) is 17.0 Å². The molecule has 0 atom stereocenters. The lowest BCUT2D eigenvalue weighted by atomic mass is 9.84. The summed E-state index contributed by atoms with van der Waals surface area (Å²) in [7, 11) is 0. The first kappa shape index (κ1) is 32.5. The average Bonchev–Trinajstić information content (AvgIpc) is 3.48. The molecule has 4 rings (SSSR count). The van der Waals surface area contributed by atoms with Crippen LogP contribution >= 0.6 is 0 Å². The second kappa shape index (κ2) is 14.4. The van der Waals surface area contributed by atoms with Crippen LogP contribution in [0.2, 0.25) is 0 Å². The summed E-state index contributed by atoms with van der Waals surface area (Å²) in [5, 5.41) is 17.5. The van der Waals surface area contributed by atoms with Gasteiger partial charge in [-0.2, -0.15) is 10.4 Å². The zero-order valence-electron chi connectivity index (χ0n) is 25.9. The lowest BCUT2D eigenvalue weighted by Crippen LogP contribution is -2.52. The van der Waals surface area contributed by atoms with E-state index >= 15 is 0 Å². The van der Waals surface area contributed by atoms with E-state index in [4.69, 9.17) is 16.2 Å². The third kappa shape index (κ3) is 9.06. The first-order chi connectivity index (χ1) is 21.5. The molecular formula is C32H40N10O3. The van der Waals surface area contributed by atoms with Gasteiger partial charge in [0.15, 0.2) is 0 Å². The number of allylic oxidation sites excluding steroid dienone is 1. The van der Waals surface area contributed by atoms with E-state index in [1.165, 1.54) is 12.4 Å². The molecule has 13 nitrogen and oxygen atoms in total. The van der Waals surface area contributed by atoms with Crippen LogP contribution in [0, 0.1) is 11.3 Å². The molecule has 236 valence electrons. The highest BCUT2D eigenvalue weighted by Gasteiger charge is 2.38. The summed E-state index contributed by atoms with van der Waals surface area (Å²) in [6.45, 7) is 7.13. The number of amides is 1. The lowest BCUT2D eigenvalue weighted by Gasteiger charge is -2.42. The molecule has 3 aromatic rings. The zero-order chi connectivity index (χ0) is 32.5. The summed E-state index contributed by atoms with van der Waals surface area (Å²) in [5.41, 5.74) is 13.2. The summed E-state index contributed by atoms with van der Waals surface area (Å²) < 4.78 is 7.32. The molecule has 45 heavy (non-hydrogen) atoms. The Morgan fingerprint density at radius 3 is 2.69 bits per heavy atom. The number of piperidine rings is 1. The van der Waals surface area contributed by atoms with Gasteiger partial charge in [-0.05, 0) is 81.3 Å². The van der Waals surface area contributed by atoms with Crippen molar-refractivity contribution >= 4 is 29.5 Å². The number of H-pyrrole nitrogens is 1. The maximum absolute atomic E-state index is 13.2. The van der Waals surface area contributed by atoms with Crippen LogP contribution < -0.4 is 22.3 Å². The van der Waals surface area contributed by atoms with Gasteiger partial charge in [-0.15, -0.1) is 0 Å². The molecule has 1 aliphatic rings. The van der Waals surface area contributed by atoms with Crippen LogP contribution in [0.3, 0.4) is 0 Å². The van der Waals surface area contributed by atoms with E-state index in [1.54, 1.807) is 34.1 Å². The van der Waals surface area contributed by atoms with Crippen molar-refractivity contribution in [1.82, 2.24) is 19.7 Å². The van der Waals surface area contributed by atoms with Crippen molar-refractivity contribution in [2.45, 2.75) is 64.3 Å². The van der Waals surface area contributed by atoms with E-state index in [0.29, 0.717) is 50.4 Å². The van der Waals surface area contributed by atoms with Crippen molar-refractivity contribution in [3.63, 3.8) is 0 Å². The SMILES string of the molecule is CC(C)(C)OC(=O)N1CCC(CC#N)(Nc2cc[nH]c(=O)c2C(N)=Nc2cc(CN=CC=CN)cc(Cn3cccn3)c2)CC1. The summed E-state index contributed by atoms with van der Waals surface area (Å²) in [6, 6.07) is 11.6. The highest BCUT2D eigenvalue weighted by Crippen LogP contribution is 2.32. The number of carbonyl (C=O) groups is 1. The number of nitrogens with zero attached hydrogens (tertiary/aromatic N) is 6. The maximum atomic E-state index is 13.2. The normalized spacial score (nSPS) is 15.3. The number of amidine groups is 1. The molecule has 0 saturated carbocycles. The minimum Gasteiger partial charge on any atom is -0.444 e. The number of aromatic amines is 1. The van der Waals surface area contributed by atoms with Gasteiger partial charge in [-0.1, -0.05) is 6.07 Å². The fourth-order valence-electron chi connectivity index (χ4n) is 5.10. The summed E-state index contributed by atoms with van der Waals surface area (Å²) in [4.78, 5) is 39.2. The number of aliphatic imine (C=N–C) groups is 2. The number of nitrogens with one attached hydrogen (secondary N) is 2. The molecule has 2 aromatic heterocycles. The van der Waals surface area contributed by atoms with Crippen LogP contribution in [0.4, 0.5) is 16.2 Å². The number of carbonyl (C=O) groups excluding carboxylic acids is 1. The van der Waals surface area contributed by atoms with Crippen molar-refractivity contribution in [2.24, 2.45) is 21.5 Å². The van der Waals surface area contributed by atoms with Crippen molar-refractivity contribution in [3.8, 4) is 6.07 Å². The predicted molar refractivity (Wildman–Crippen MR) is 174 cm³/mol. The predicted octanol–water partition coefficient (Wildman–Crippen LogP) is 3.80. The maximum Gasteiger partial charge on any atom is 0.410 e. The molecule has 0 aliphatic carbocycles. The molecule has 1 aliphatic heterocycles. The zero-order valence-corrected chi connectivity index (χ0v) is 25.9. The number of anilines is 1. The molecule has 0 unspecified atom stereocenters. The van der Waals surface area contributed by atoms with Crippen LogP contribution in [-0.4, -0.2) is 62.0 Å². The topological polar surface area (TPSA) is 193 Å². The summed E-state index contributed by atoms with van der Waals surface area (Å²) in [6.07, 6.45) is 10.5. The standard InChI is InChI=1S/C32H40N10O3/c1-31(2,3)45-30(44)41-16-8-32(7-11-34,9-17-41)40-26-6-14-37-29(43)27(26)28(35)39-25-19-23(21-36-12-4-10-33)18-24(20-25)22-42-15-5-13-38-42/h4-6,10,12-15,18-20H,7-9,16-17,21-22,33H2,1-3H3,(H2,35,39)(H2,37,40,43). The first-order valence-corrected chi connectivity index (χ1v) is 14.7. The molecule has 1 amide bonds. The van der Waals surface area contributed by atoms with Gasteiger partial charge in [-0.3, -0.25) is 14.5 Å². The highest BCUT2D eigenvalue weighted by molar-refractivity contribution is 6.03. The van der Waals surface area contributed by atoms with E-state index in [0.717, 1.165) is 11.1 Å². The fraction of sp³-hybridized carbons (Fsp3) is 0.375. The van der Waals surface area contributed by atoms with Crippen LogP contribution in [0.15, 0.2) is 76.0 Å². The largest absolute Gasteiger partial charge is 0.444 e. The van der Waals surface area contributed by atoms with Crippen LogP contribution in [0.1, 0.15) is 56.7 Å². The van der Waals surface area contributed by atoms with Gasteiger partial charge in [0, 0.05) is 37.9 Å². The number of nitriles is 1. The smallest absolute Gasteiger partial charge is 0.410 e. The number of pyridine rings is 1. The quantitative estimate of drug-likeness (QED) is 0.196. The summed E-state index contributed by atoms with van der Waals surface area (Å²) in [5.74, 6) is 0.00871. The van der Waals surface area contributed by atoms with Gasteiger partial charge in [0.2, 0.25) is 0 Å². The van der Waals surface area contributed by atoms with Gasteiger partial charge in [0.05, 0.1) is 42.5 Å². The molecule has 0 bridgehead atoms. The Balaban J connectivity index is 1.63. The molecular weight excluding hydrogens is 572 g/mol. The van der Waals surface area contributed by atoms with Crippen LogP contribution in [-0.2, 0) is 17.8 Å². The van der Waals surface area contributed by atoms with E-state index in [9.17, 15) is 14.9 Å². The van der Waals surface area contributed by atoms with Gasteiger partial charge >= 0.3 is 6.09 Å². The van der Waals surface area contributed by atoms with E-state index < -0.39 is 22.8 Å². The minimum absolute atomic E-state index is 0.00871.